The van der Waals surface area contributed by atoms with Gasteiger partial charge in [-0.1, -0.05) is 0 Å². The summed E-state index contributed by atoms with van der Waals surface area (Å²) in [4.78, 5) is 11.0. The van der Waals surface area contributed by atoms with Crippen molar-refractivity contribution in [3.8, 4) is 17.2 Å². The van der Waals surface area contributed by atoms with E-state index in [4.69, 9.17) is 25.1 Å². The van der Waals surface area contributed by atoms with E-state index in [1.165, 1.54) is 27.4 Å². The number of nitrogens with two attached hydrogens (primary N) is 1. The Hall–Kier alpha value is -1.47. The van der Waals surface area contributed by atoms with Crippen molar-refractivity contribution in [3.63, 3.8) is 0 Å². The van der Waals surface area contributed by atoms with Crippen LogP contribution in [0.15, 0.2) is 10.5 Å². The molecule has 6 nitrogen and oxygen atoms in total. The lowest BCUT2D eigenvalue weighted by atomic mass is 10.1. The molecule has 0 aliphatic rings. The van der Waals surface area contributed by atoms with E-state index in [0.29, 0.717) is 27.3 Å². The van der Waals surface area contributed by atoms with Gasteiger partial charge in [0.2, 0.25) is 0 Å². The lowest BCUT2D eigenvalue weighted by Gasteiger charge is -2.18. The molecule has 0 spiro atoms. The maximum atomic E-state index is 11.0. The molecule has 1 atom stereocenters. The van der Waals surface area contributed by atoms with Gasteiger partial charge in [-0.05, 0) is 15.9 Å². The lowest BCUT2D eigenvalue weighted by molar-refractivity contribution is -0.138. The molecule has 0 heterocycles. The standard InChI is InChI=1S/C11H14BrNO5/c1-16-5-4-6(17-2)10(18-3)8(12)7(5)9(13)11(14)15/h4,9H,13H2,1-3H3,(H,14,15). The van der Waals surface area contributed by atoms with Crippen molar-refractivity contribution >= 4 is 21.9 Å². The van der Waals surface area contributed by atoms with E-state index >= 15 is 0 Å². The second kappa shape index (κ2) is 5.92. The monoisotopic (exact) mass is 319 g/mol. The average Bonchev–Trinajstić information content (AvgIpc) is 2.36. The normalized spacial score (nSPS) is 11.8. The number of benzene rings is 1. The smallest absolute Gasteiger partial charge is 0.325 e. The number of carbonyl (C=O) groups is 1. The molecular formula is C11H14BrNO5. The minimum absolute atomic E-state index is 0.294. The van der Waals surface area contributed by atoms with Gasteiger partial charge in [-0.2, -0.15) is 0 Å². The highest BCUT2D eigenvalue weighted by Crippen LogP contribution is 2.44. The van der Waals surface area contributed by atoms with Gasteiger partial charge in [-0.15, -0.1) is 0 Å². The summed E-state index contributed by atoms with van der Waals surface area (Å²) in [6.07, 6.45) is 0. The molecule has 1 aromatic carbocycles. The first-order chi connectivity index (χ1) is 8.47. The van der Waals surface area contributed by atoms with Crippen molar-refractivity contribution in [2.24, 2.45) is 5.73 Å². The number of methoxy groups -OCH3 is 3. The number of ether oxygens (including phenoxy) is 3. The van der Waals surface area contributed by atoms with Crippen molar-refractivity contribution in [2.75, 3.05) is 21.3 Å². The van der Waals surface area contributed by atoms with E-state index in [-0.39, 0.29) is 0 Å². The molecule has 1 aromatic rings. The van der Waals surface area contributed by atoms with Crippen molar-refractivity contribution < 1.29 is 24.1 Å². The van der Waals surface area contributed by atoms with Crippen LogP contribution in [0.2, 0.25) is 0 Å². The van der Waals surface area contributed by atoms with Crippen LogP contribution >= 0.6 is 15.9 Å². The number of carboxylic acid groups (broad SMARTS) is 1. The Morgan fingerprint density at radius 2 is 1.83 bits per heavy atom. The van der Waals surface area contributed by atoms with Crippen molar-refractivity contribution in [1.29, 1.82) is 0 Å². The van der Waals surface area contributed by atoms with Crippen LogP contribution in [0.4, 0.5) is 0 Å². The van der Waals surface area contributed by atoms with Gasteiger partial charge in [0.25, 0.3) is 0 Å². The van der Waals surface area contributed by atoms with Crippen LogP contribution in [0.25, 0.3) is 0 Å². The van der Waals surface area contributed by atoms with Crippen molar-refractivity contribution in [2.45, 2.75) is 6.04 Å². The molecule has 3 N–H and O–H groups in total. The third kappa shape index (κ3) is 2.51. The molecule has 18 heavy (non-hydrogen) atoms. The Bertz CT molecular complexity index is 463. The van der Waals surface area contributed by atoms with E-state index < -0.39 is 12.0 Å². The molecule has 1 unspecified atom stereocenters. The molecule has 0 saturated heterocycles. The predicted octanol–water partition coefficient (Wildman–Crippen LogP) is 1.56. The van der Waals surface area contributed by atoms with Crippen LogP contribution in [0.1, 0.15) is 11.6 Å². The summed E-state index contributed by atoms with van der Waals surface area (Å²) in [5, 5.41) is 9.00. The second-order valence-corrected chi connectivity index (χ2v) is 4.15. The highest BCUT2D eigenvalue weighted by atomic mass is 79.9. The van der Waals surface area contributed by atoms with Crippen LogP contribution in [0, 0.1) is 0 Å². The molecule has 0 aliphatic heterocycles. The molecule has 0 aromatic heterocycles. The number of aliphatic carboxylic acids is 1. The van der Waals surface area contributed by atoms with Crippen molar-refractivity contribution in [3.05, 3.63) is 16.1 Å². The number of hydrogen-bond acceptors (Lipinski definition) is 5. The summed E-state index contributed by atoms with van der Waals surface area (Å²) in [6.45, 7) is 0. The summed E-state index contributed by atoms with van der Waals surface area (Å²) in [5.74, 6) is -0.0665. The van der Waals surface area contributed by atoms with Crippen LogP contribution < -0.4 is 19.9 Å². The van der Waals surface area contributed by atoms with Gasteiger partial charge in [0, 0.05) is 11.6 Å². The van der Waals surface area contributed by atoms with E-state index in [1.54, 1.807) is 0 Å². The fraction of sp³-hybridized carbons (Fsp3) is 0.364. The fourth-order valence-electron chi connectivity index (χ4n) is 1.52. The minimum Gasteiger partial charge on any atom is -0.496 e. The predicted molar refractivity (Wildman–Crippen MR) is 68.4 cm³/mol. The van der Waals surface area contributed by atoms with Crippen molar-refractivity contribution in [1.82, 2.24) is 0 Å². The van der Waals surface area contributed by atoms with Crippen LogP contribution in [0.3, 0.4) is 0 Å². The largest absolute Gasteiger partial charge is 0.496 e. The number of rotatable bonds is 5. The zero-order valence-electron chi connectivity index (χ0n) is 10.2. The molecule has 100 valence electrons. The Morgan fingerprint density at radius 1 is 1.28 bits per heavy atom. The molecule has 1 rings (SSSR count). The van der Waals surface area contributed by atoms with Gasteiger partial charge >= 0.3 is 5.97 Å². The SMILES string of the molecule is COc1cc(OC)c(C(N)C(=O)O)c(Br)c1OC. The third-order valence-electron chi connectivity index (χ3n) is 2.41. The minimum atomic E-state index is -1.23. The Kier molecular flexibility index (Phi) is 4.80. The van der Waals surface area contributed by atoms with Gasteiger partial charge in [-0.25, -0.2) is 0 Å². The Balaban J connectivity index is 3.53. The zero-order chi connectivity index (χ0) is 13.9. The average molecular weight is 320 g/mol. The number of carboxylic acids is 1. The van der Waals surface area contributed by atoms with Gasteiger partial charge in [-0.3, -0.25) is 4.79 Å². The van der Waals surface area contributed by atoms with Gasteiger partial charge in [0.05, 0.1) is 25.8 Å². The summed E-state index contributed by atoms with van der Waals surface area (Å²) in [5.41, 5.74) is 5.92. The van der Waals surface area contributed by atoms with Gasteiger partial charge in [0.15, 0.2) is 11.5 Å². The molecule has 0 bridgehead atoms. The zero-order valence-corrected chi connectivity index (χ0v) is 11.8. The molecular weight excluding hydrogens is 306 g/mol. The van der Waals surface area contributed by atoms with Gasteiger partial charge < -0.3 is 25.1 Å². The molecule has 0 amide bonds. The third-order valence-corrected chi connectivity index (χ3v) is 3.20. The van der Waals surface area contributed by atoms with Gasteiger partial charge in [0.1, 0.15) is 11.8 Å². The number of hydrogen-bond donors (Lipinski definition) is 2. The summed E-state index contributed by atoms with van der Waals surface area (Å²) in [6, 6.07) is 0.302. The number of halogens is 1. The molecule has 0 saturated carbocycles. The summed E-state index contributed by atoms with van der Waals surface area (Å²) < 4.78 is 15.8. The second-order valence-electron chi connectivity index (χ2n) is 3.36. The van der Waals surface area contributed by atoms with E-state index in [0.717, 1.165) is 0 Å². The topological polar surface area (TPSA) is 91.0 Å². The summed E-state index contributed by atoms with van der Waals surface area (Å²) >= 11 is 3.27. The molecule has 0 fully saturated rings. The molecule has 0 aliphatic carbocycles. The van der Waals surface area contributed by atoms with E-state index in [1.807, 2.05) is 0 Å². The summed E-state index contributed by atoms with van der Waals surface area (Å²) in [7, 11) is 4.34. The highest BCUT2D eigenvalue weighted by Gasteiger charge is 2.26. The first-order valence-corrected chi connectivity index (χ1v) is 5.73. The van der Waals surface area contributed by atoms with Crippen LogP contribution in [-0.2, 0) is 4.79 Å². The van der Waals surface area contributed by atoms with E-state index in [2.05, 4.69) is 15.9 Å². The fourth-order valence-corrected chi connectivity index (χ4v) is 2.32. The Morgan fingerprint density at radius 3 is 2.22 bits per heavy atom. The van der Waals surface area contributed by atoms with E-state index in [9.17, 15) is 4.79 Å². The highest BCUT2D eigenvalue weighted by molar-refractivity contribution is 9.10. The first-order valence-electron chi connectivity index (χ1n) is 4.94. The van der Waals surface area contributed by atoms with Crippen LogP contribution in [0.5, 0.6) is 17.2 Å². The van der Waals surface area contributed by atoms with Crippen LogP contribution in [-0.4, -0.2) is 32.4 Å². The lowest BCUT2D eigenvalue weighted by Crippen LogP contribution is -2.22. The molecule has 7 heteroatoms. The molecule has 0 radical (unpaired) electrons. The Labute approximate surface area is 113 Å². The first kappa shape index (κ1) is 14.6. The maximum absolute atomic E-state index is 11.0. The maximum Gasteiger partial charge on any atom is 0.325 e. The quantitative estimate of drug-likeness (QED) is 0.855.